The highest BCUT2D eigenvalue weighted by Gasteiger charge is 2.19. The maximum atomic E-state index is 12.3. The van der Waals surface area contributed by atoms with Gasteiger partial charge >= 0.3 is 0 Å². The molecule has 1 atom stereocenters. The SMILES string of the molecule is Cc1c(C(C)NC(=O)CCN2CCCO2)cnn1-c1cccc2ccccc12. The van der Waals surface area contributed by atoms with Crippen LogP contribution in [0.15, 0.2) is 48.7 Å². The molecule has 1 aliphatic rings. The Bertz CT molecular complexity index is 970. The minimum absolute atomic E-state index is 0.0281. The average molecular weight is 378 g/mol. The van der Waals surface area contributed by atoms with Gasteiger partial charge in [-0.3, -0.25) is 9.63 Å². The molecule has 2 heterocycles. The second-order valence-electron chi connectivity index (χ2n) is 7.25. The lowest BCUT2D eigenvalue weighted by Crippen LogP contribution is -2.30. The van der Waals surface area contributed by atoms with Crippen molar-refractivity contribution in [3.05, 3.63) is 59.9 Å². The molecule has 6 nitrogen and oxygen atoms in total. The van der Waals surface area contributed by atoms with Gasteiger partial charge in [0, 0.05) is 36.2 Å². The standard InChI is InChI=1S/C22H26N4O2/c1-16(24-22(27)11-13-25-12-6-14-28-25)20-15-23-26(17(20)2)21-10-5-8-18-7-3-4-9-19(18)21/h3-5,7-10,15-16H,6,11-14H2,1-2H3,(H,24,27). The van der Waals surface area contributed by atoms with Gasteiger partial charge in [0.05, 0.1) is 24.5 Å². The fraction of sp³-hybridized carbons (Fsp3) is 0.364. The lowest BCUT2D eigenvalue weighted by Gasteiger charge is -2.17. The number of hydrogen-bond donors (Lipinski definition) is 1. The van der Waals surface area contributed by atoms with Crippen LogP contribution in [-0.4, -0.2) is 40.4 Å². The van der Waals surface area contributed by atoms with Crippen molar-refractivity contribution in [3.8, 4) is 5.69 Å². The van der Waals surface area contributed by atoms with E-state index in [1.165, 1.54) is 5.39 Å². The van der Waals surface area contributed by atoms with Crippen molar-refractivity contribution >= 4 is 16.7 Å². The molecule has 4 rings (SSSR count). The Morgan fingerprint density at radius 1 is 1.25 bits per heavy atom. The first-order chi connectivity index (χ1) is 13.6. The van der Waals surface area contributed by atoms with Crippen LogP contribution in [0.2, 0.25) is 0 Å². The lowest BCUT2D eigenvalue weighted by molar-refractivity contribution is -0.130. The van der Waals surface area contributed by atoms with Crippen LogP contribution in [0.4, 0.5) is 0 Å². The summed E-state index contributed by atoms with van der Waals surface area (Å²) < 4.78 is 1.96. The third-order valence-electron chi connectivity index (χ3n) is 5.30. The quantitative estimate of drug-likeness (QED) is 0.713. The molecule has 1 saturated heterocycles. The average Bonchev–Trinajstić information content (AvgIpc) is 3.35. The summed E-state index contributed by atoms with van der Waals surface area (Å²) in [6.45, 7) is 6.34. The molecular formula is C22H26N4O2. The van der Waals surface area contributed by atoms with Crippen LogP contribution in [-0.2, 0) is 9.63 Å². The zero-order valence-electron chi connectivity index (χ0n) is 16.4. The highest BCUT2D eigenvalue weighted by molar-refractivity contribution is 5.90. The third kappa shape index (κ3) is 3.79. The second kappa shape index (κ2) is 8.12. The van der Waals surface area contributed by atoms with E-state index in [4.69, 9.17) is 4.84 Å². The maximum Gasteiger partial charge on any atom is 0.221 e. The van der Waals surface area contributed by atoms with Gasteiger partial charge in [0.15, 0.2) is 0 Å². The number of hydroxylamine groups is 2. The molecule has 0 bridgehead atoms. The van der Waals surface area contributed by atoms with E-state index in [1.54, 1.807) is 0 Å². The van der Waals surface area contributed by atoms with Crippen molar-refractivity contribution < 1.29 is 9.63 Å². The molecule has 146 valence electrons. The lowest BCUT2D eigenvalue weighted by atomic mass is 10.1. The number of hydrogen-bond acceptors (Lipinski definition) is 4. The summed E-state index contributed by atoms with van der Waals surface area (Å²) in [6.07, 6.45) is 3.32. The van der Waals surface area contributed by atoms with Gasteiger partial charge in [0.1, 0.15) is 0 Å². The van der Waals surface area contributed by atoms with Gasteiger partial charge in [-0.1, -0.05) is 36.4 Å². The molecule has 0 radical (unpaired) electrons. The van der Waals surface area contributed by atoms with E-state index in [2.05, 4.69) is 34.7 Å². The third-order valence-corrected chi connectivity index (χ3v) is 5.30. The van der Waals surface area contributed by atoms with Crippen LogP contribution in [0.25, 0.3) is 16.5 Å². The van der Waals surface area contributed by atoms with Crippen molar-refractivity contribution in [2.24, 2.45) is 0 Å². The number of fused-ring (bicyclic) bond motifs is 1. The highest BCUT2D eigenvalue weighted by Crippen LogP contribution is 2.25. The molecule has 1 fully saturated rings. The second-order valence-corrected chi connectivity index (χ2v) is 7.25. The van der Waals surface area contributed by atoms with Gasteiger partial charge in [-0.15, -0.1) is 0 Å². The number of nitrogens with zero attached hydrogens (tertiary/aromatic N) is 3. The molecule has 1 aliphatic heterocycles. The maximum absolute atomic E-state index is 12.3. The van der Waals surface area contributed by atoms with E-state index >= 15 is 0 Å². The number of benzene rings is 2. The Kier molecular flexibility index (Phi) is 5.41. The molecule has 1 N–H and O–H groups in total. The van der Waals surface area contributed by atoms with Crippen LogP contribution in [0.1, 0.15) is 37.1 Å². The van der Waals surface area contributed by atoms with Gasteiger partial charge in [-0.2, -0.15) is 10.2 Å². The number of aromatic nitrogens is 2. The van der Waals surface area contributed by atoms with Crippen LogP contribution >= 0.6 is 0 Å². The van der Waals surface area contributed by atoms with Crippen LogP contribution in [0.5, 0.6) is 0 Å². The minimum Gasteiger partial charge on any atom is -0.349 e. The van der Waals surface area contributed by atoms with Crippen molar-refractivity contribution in [1.82, 2.24) is 20.2 Å². The van der Waals surface area contributed by atoms with E-state index in [-0.39, 0.29) is 11.9 Å². The minimum atomic E-state index is -0.101. The summed E-state index contributed by atoms with van der Waals surface area (Å²) in [5, 5.41) is 11.9. The van der Waals surface area contributed by atoms with E-state index in [1.807, 2.05) is 48.0 Å². The molecule has 1 amide bonds. The zero-order chi connectivity index (χ0) is 19.5. The molecule has 28 heavy (non-hydrogen) atoms. The molecule has 2 aromatic carbocycles. The number of carbonyl (C=O) groups is 1. The molecule has 6 heteroatoms. The Morgan fingerprint density at radius 3 is 2.89 bits per heavy atom. The van der Waals surface area contributed by atoms with Gasteiger partial charge in [0.25, 0.3) is 0 Å². The first-order valence-electron chi connectivity index (χ1n) is 9.83. The fourth-order valence-electron chi connectivity index (χ4n) is 3.78. The van der Waals surface area contributed by atoms with Gasteiger partial charge < -0.3 is 5.32 Å². The fourth-order valence-corrected chi connectivity index (χ4v) is 3.78. The first kappa shape index (κ1) is 18.7. The monoisotopic (exact) mass is 378 g/mol. The normalized spacial score (nSPS) is 15.8. The number of carbonyl (C=O) groups excluding carboxylic acids is 1. The molecule has 0 aliphatic carbocycles. The Labute approximate surface area is 165 Å². The van der Waals surface area contributed by atoms with E-state index in [0.29, 0.717) is 13.0 Å². The molecular weight excluding hydrogens is 352 g/mol. The molecule has 3 aromatic rings. The summed E-state index contributed by atoms with van der Waals surface area (Å²) in [5.41, 5.74) is 3.11. The van der Waals surface area contributed by atoms with Gasteiger partial charge in [-0.25, -0.2) is 4.68 Å². The van der Waals surface area contributed by atoms with Crippen molar-refractivity contribution in [1.29, 1.82) is 0 Å². The number of nitrogens with one attached hydrogen (secondary N) is 1. The molecule has 0 saturated carbocycles. The van der Waals surface area contributed by atoms with E-state index < -0.39 is 0 Å². The van der Waals surface area contributed by atoms with Crippen LogP contribution < -0.4 is 5.32 Å². The van der Waals surface area contributed by atoms with E-state index in [0.717, 1.165) is 41.9 Å². The van der Waals surface area contributed by atoms with Crippen LogP contribution in [0.3, 0.4) is 0 Å². The Hall–Kier alpha value is -2.70. The predicted molar refractivity (Wildman–Crippen MR) is 109 cm³/mol. The smallest absolute Gasteiger partial charge is 0.221 e. The summed E-state index contributed by atoms with van der Waals surface area (Å²) in [5.74, 6) is 0.0281. The summed E-state index contributed by atoms with van der Waals surface area (Å²) in [7, 11) is 0. The van der Waals surface area contributed by atoms with Crippen molar-refractivity contribution in [3.63, 3.8) is 0 Å². The summed E-state index contributed by atoms with van der Waals surface area (Å²) >= 11 is 0. The van der Waals surface area contributed by atoms with Gasteiger partial charge in [-0.05, 0) is 31.7 Å². The summed E-state index contributed by atoms with van der Waals surface area (Å²) in [4.78, 5) is 17.8. The van der Waals surface area contributed by atoms with E-state index in [9.17, 15) is 4.79 Å². The van der Waals surface area contributed by atoms with Crippen molar-refractivity contribution in [2.75, 3.05) is 19.7 Å². The van der Waals surface area contributed by atoms with Crippen LogP contribution in [0, 0.1) is 6.92 Å². The largest absolute Gasteiger partial charge is 0.349 e. The predicted octanol–water partition coefficient (Wildman–Crippen LogP) is 3.54. The molecule has 1 unspecified atom stereocenters. The molecule has 1 aromatic heterocycles. The summed E-state index contributed by atoms with van der Waals surface area (Å²) in [6, 6.07) is 14.4. The zero-order valence-corrected chi connectivity index (χ0v) is 16.4. The highest BCUT2D eigenvalue weighted by atomic mass is 16.7. The number of rotatable bonds is 6. The van der Waals surface area contributed by atoms with Gasteiger partial charge in [0.2, 0.25) is 5.91 Å². The topological polar surface area (TPSA) is 59.4 Å². The molecule has 0 spiro atoms. The number of amides is 1. The van der Waals surface area contributed by atoms with Crippen molar-refractivity contribution in [2.45, 2.75) is 32.7 Å². The Balaban J connectivity index is 1.49. The Morgan fingerprint density at radius 2 is 2.07 bits per heavy atom. The first-order valence-corrected chi connectivity index (χ1v) is 9.83.